The van der Waals surface area contributed by atoms with Crippen LogP contribution in [0.4, 0.5) is 14.5 Å². The number of nitrogens with zero attached hydrogens (tertiary/aromatic N) is 6. The monoisotopic (exact) mass is 599 g/mol. The van der Waals surface area contributed by atoms with Gasteiger partial charge in [0, 0.05) is 48.6 Å². The molecular weight excluding hydrogens is 576 g/mol. The second-order valence-electron chi connectivity index (χ2n) is 9.17. The number of rotatable bonds is 6. The molecule has 44 heavy (non-hydrogen) atoms. The largest absolute Gasteiger partial charge is 0.477 e. The first kappa shape index (κ1) is 29.3. The zero-order valence-corrected chi connectivity index (χ0v) is 23.0. The van der Waals surface area contributed by atoms with Gasteiger partial charge in [-0.1, -0.05) is 0 Å². The molecule has 0 aliphatic carbocycles. The molecule has 0 fully saturated rings. The van der Waals surface area contributed by atoms with E-state index in [1.165, 1.54) is 24.3 Å². The van der Waals surface area contributed by atoms with E-state index >= 15 is 0 Å². The number of nitrogens with two attached hydrogens (primary N) is 1. The van der Waals surface area contributed by atoms with Crippen molar-refractivity contribution in [3.8, 4) is 28.4 Å². The minimum absolute atomic E-state index is 0.0867. The Morgan fingerprint density at radius 2 is 1.75 bits per heavy atom. The number of pyridine rings is 1. The van der Waals surface area contributed by atoms with Crippen molar-refractivity contribution < 1.29 is 23.4 Å². The molecule has 0 atom stereocenters. The fourth-order valence-electron chi connectivity index (χ4n) is 4.18. The summed E-state index contributed by atoms with van der Waals surface area (Å²) in [6, 6.07) is 12.5. The molecule has 4 heterocycles. The summed E-state index contributed by atoms with van der Waals surface area (Å²) in [4.78, 5) is 43.6. The fraction of sp³-hybridized carbons (Fsp3) is 0.0667. The van der Waals surface area contributed by atoms with Gasteiger partial charge in [-0.3, -0.25) is 19.3 Å². The normalized spacial score (nSPS) is 10.7. The molecule has 0 aliphatic rings. The van der Waals surface area contributed by atoms with Crippen molar-refractivity contribution in [1.29, 1.82) is 0 Å². The second-order valence-corrected chi connectivity index (χ2v) is 9.17. The highest BCUT2D eigenvalue weighted by molar-refractivity contribution is 5.86. The third-order valence-corrected chi connectivity index (χ3v) is 6.32. The third kappa shape index (κ3) is 6.04. The Bertz CT molecular complexity index is 2090. The number of fused-ring (bicyclic) bond motifs is 1. The van der Waals surface area contributed by atoms with Gasteiger partial charge in [0.1, 0.15) is 16.9 Å². The Balaban J connectivity index is 0.000000178. The first-order valence-corrected chi connectivity index (χ1v) is 13.0. The first-order chi connectivity index (χ1) is 21.2. The van der Waals surface area contributed by atoms with Gasteiger partial charge in [-0.2, -0.15) is 5.10 Å². The van der Waals surface area contributed by atoms with Crippen LogP contribution >= 0.6 is 0 Å². The molecule has 0 spiro atoms. The summed E-state index contributed by atoms with van der Waals surface area (Å²) < 4.78 is 36.2. The number of nitrogen functional groups attached to an aromatic ring is 1. The van der Waals surface area contributed by atoms with Crippen LogP contribution < -0.4 is 21.7 Å². The smallest absolute Gasteiger partial charge is 0.342 e. The van der Waals surface area contributed by atoms with E-state index in [2.05, 4.69) is 15.1 Å². The van der Waals surface area contributed by atoms with Gasteiger partial charge in [0.05, 0.1) is 23.8 Å². The average Bonchev–Trinajstić information content (AvgIpc) is 3.49. The molecule has 12 nitrogen and oxygen atoms in total. The molecule has 4 aromatic heterocycles. The zero-order chi connectivity index (χ0) is 31.4. The summed E-state index contributed by atoms with van der Waals surface area (Å²) in [5, 5.41) is 13.2. The Labute approximate surface area is 246 Å². The molecular formula is C30H23F2N7O5. The highest BCUT2D eigenvalue weighted by Gasteiger charge is 2.17. The van der Waals surface area contributed by atoms with Crippen LogP contribution in [-0.2, 0) is 6.54 Å². The maximum atomic E-state index is 14.0. The highest BCUT2D eigenvalue weighted by atomic mass is 19.1. The maximum absolute atomic E-state index is 14.0. The molecule has 6 rings (SSSR count). The van der Waals surface area contributed by atoms with E-state index in [0.717, 1.165) is 28.5 Å². The highest BCUT2D eigenvalue weighted by Crippen LogP contribution is 2.32. The van der Waals surface area contributed by atoms with Gasteiger partial charge >= 0.3 is 11.7 Å². The predicted molar refractivity (Wildman–Crippen MR) is 156 cm³/mol. The van der Waals surface area contributed by atoms with Crippen molar-refractivity contribution in [3.05, 3.63) is 130 Å². The summed E-state index contributed by atoms with van der Waals surface area (Å²) in [7, 11) is 0. The van der Waals surface area contributed by atoms with Crippen LogP contribution in [0.3, 0.4) is 0 Å². The van der Waals surface area contributed by atoms with Crippen LogP contribution in [0.2, 0.25) is 0 Å². The van der Waals surface area contributed by atoms with Crippen LogP contribution in [0.5, 0.6) is 11.5 Å². The van der Waals surface area contributed by atoms with Crippen molar-refractivity contribution in [3.63, 3.8) is 0 Å². The first-order valence-electron chi connectivity index (χ1n) is 13.0. The van der Waals surface area contributed by atoms with Gasteiger partial charge in [-0.25, -0.2) is 27.5 Å². The Morgan fingerprint density at radius 1 is 0.977 bits per heavy atom. The van der Waals surface area contributed by atoms with Gasteiger partial charge in [0.15, 0.2) is 17.3 Å². The number of halogens is 2. The number of carboxylic acids is 1. The van der Waals surface area contributed by atoms with E-state index in [-0.39, 0.29) is 18.0 Å². The second kappa shape index (κ2) is 12.4. The van der Waals surface area contributed by atoms with Crippen LogP contribution in [-0.4, -0.2) is 39.8 Å². The third-order valence-electron chi connectivity index (χ3n) is 6.32. The molecule has 2 aromatic carbocycles. The molecule has 3 N–H and O–H groups in total. The molecule has 0 radical (unpaired) electrons. The fourth-order valence-corrected chi connectivity index (χ4v) is 4.18. The van der Waals surface area contributed by atoms with E-state index in [4.69, 9.17) is 15.6 Å². The predicted octanol–water partition coefficient (Wildman–Crippen LogP) is 4.16. The summed E-state index contributed by atoms with van der Waals surface area (Å²) in [5.41, 5.74) is 6.01. The van der Waals surface area contributed by atoms with Crippen molar-refractivity contribution in [1.82, 2.24) is 28.7 Å². The molecule has 14 heteroatoms. The minimum Gasteiger partial charge on any atom is -0.477 e. The van der Waals surface area contributed by atoms with Crippen molar-refractivity contribution in [2.24, 2.45) is 0 Å². The summed E-state index contributed by atoms with van der Waals surface area (Å²) in [6.45, 7) is 1.85. The topological polar surface area (TPSA) is 160 Å². The van der Waals surface area contributed by atoms with Gasteiger partial charge in [0.25, 0.3) is 5.56 Å². The quantitative estimate of drug-likeness (QED) is 0.268. The molecule has 0 unspecified atom stereocenters. The summed E-state index contributed by atoms with van der Waals surface area (Å²) in [5.74, 6) is -1.93. The van der Waals surface area contributed by atoms with Gasteiger partial charge in [-0.05, 0) is 55.5 Å². The van der Waals surface area contributed by atoms with Crippen LogP contribution in [0.1, 0.15) is 17.3 Å². The number of benzene rings is 2. The van der Waals surface area contributed by atoms with E-state index in [1.54, 1.807) is 54.4 Å². The van der Waals surface area contributed by atoms with Crippen LogP contribution in [0.15, 0.2) is 101 Å². The van der Waals surface area contributed by atoms with E-state index in [0.29, 0.717) is 27.2 Å². The number of carboxylic acid groups (broad SMARTS) is 1. The number of hydrogen-bond acceptors (Lipinski definition) is 8. The number of aromatic nitrogens is 6. The molecule has 0 aliphatic heterocycles. The molecule has 0 saturated heterocycles. The van der Waals surface area contributed by atoms with Gasteiger partial charge < -0.3 is 15.6 Å². The number of aromatic carboxylic acids is 1. The van der Waals surface area contributed by atoms with Crippen LogP contribution in [0.25, 0.3) is 22.5 Å². The number of aryl methyl sites for hydroxylation is 1. The van der Waals surface area contributed by atoms with Crippen molar-refractivity contribution in [2.45, 2.75) is 13.5 Å². The van der Waals surface area contributed by atoms with Gasteiger partial charge in [0.2, 0.25) is 0 Å². The number of hydrogen-bond donors (Lipinski definition) is 2. The minimum atomic E-state index is -1.42. The molecule has 6 aromatic rings. The lowest BCUT2D eigenvalue weighted by Crippen LogP contribution is -2.41. The standard InChI is InChI=1S/C17H12FN5O.C13H11FN2O4/c18-13-8-12(19)1-2-16(13)24-17-7-11(14-9-20-5-6-21-14)10-23-15(17)3-4-22-23;1-2-15-7-10(12(18)19)11(17)16(13(15)20)9-5-3-8(14)4-6-9/h1-10H,19H2;3-7H,2H2,1H3,(H,18,19). The Morgan fingerprint density at radius 3 is 2.41 bits per heavy atom. The maximum Gasteiger partial charge on any atom is 0.342 e. The number of carbonyl (C=O) groups is 1. The molecule has 0 amide bonds. The average molecular weight is 600 g/mol. The molecule has 0 bridgehead atoms. The Hall–Kier alpha value is -6.18. The summed E-state index contributed by atoms with van der Waals surface area (Å²) in [6.07, 6.45) is 9.29. The van der Waals surface area contributed by atoms with Gasteiger partial charge in [-0.15, -0.1) is 0 Å². The SMILES string of the molecule is CCn1cc(C(=O)O)c(=O)n(-c2ccc(F)cc2)c1=O.Nc1ccc(Oc2cc(-c3cnccn3)cn3nccc23)c(F)c1. The lowest BCUT2D eigenvalue weighted by Gasteiger charge is -2.11. The Kier molecular flexibility index (Phi) is 8.24. The van der Waals surface area contributed by atoms with E-state index in [9.17, 15) is 23.2 Å². The molecule has 0 saturated carbocycles. The molecule has 222 valence electrons. The van der Waals surface area contributed by atoms with E-state index < -0.39 is 34.4 Å². The number of anilines is 1. The van der Waals surface area contributed by atoms with Crippen LogP contribution in [0, 0.1) is 11.6 Å². The van der Waals surface area contributed by atoms with E-state index in [1.807, 2.05) is 6.20 Å². The van der Waals surface area contributed by atoms with Crippen molar-refractivity contribution >= 4 is 17.2 Å². The number of ether oxygens (including phenoxy) is 1. The summed E-state index contributed by atoms with van der Waals surface area (Å²) >= 11 is 0. The van der Waals surface area contributed by atoms with Crippen molar-refractivity contribution in [2.75, 3.05) is 5.73 Å². The zero-order valence-electron chi connectivity index (χ0n) is 23.0. The lowest BCUT2D eigenvalue weighted by atomic mass is 10.2. The lowest BCUT2D eigenvalue weighted by molar-refractivity contribution is 0.0693.